The maximum Gasteiger partial charge on any atom is 0.265 e. The average Bonchev–Trinajstić information content (AvgIpc) is 3.26. The highest BCUT2D eigenvalue weighted by Gasteiger charge is 2.11. The molecule has 8 heteroatoms. The molecule has 0 fully saturated rings. The van der Waals surface area contributed by atoms with E-state index in [0.29, 0.717) is 34.6 Å². The predicted octanol–water partition coefficient (Wildman–Crippen LogP) is 2.77. The smallest absolute Gasteiger partial charge is 0.265 e. The van der Waals surface area contributed by atoms with Crippen LogP contribution in [0.4, 0.5) is 0 Å². The summed E-state index contributed by atoms with van der Waals surface area (Å²) in [7, 11) is 0. The summed E-state index contributed by atoms with van der Waals surface area (Å²) in [5, 5.41) is 7.51. The largest absolute Gasteiger partial charge is 0.352 e. The molecule has 0 saturated heterocycles. The third-order valence-corrected chi connectivity index (χ3v) is 5.13. The zero-order chi connectivity index (χ0) is 21.1. The van der Waals surface area contributed by atoms with Gasteiger partial charge in [0.2, 0.25) is 0 Å². The zero-order valence-corrected chi connectivity index (χ0v) is 17.1. The summed E-state index contributed by atoms with van der Waals surface area (Å²) in [6, 6.07) is 9.17. The number of pyridine rings is 1. The molecule has 3 aromatic heterocycles. The van der Waals surface area contributed by atoms with E-state index in [2.05, 4.69) is 34.2 Å². The molecule has 0 atom stereocenters. The Balaban J connectivity index is 1.50. The third-order valence-electron chi connectivity index (χ3n) is 5.13. The summed E-state index contributed by atoms with van der Waals surface area (Å²) >= 11 is 0. The van der Waals surface area contributed by atoms with Gasteiger partial charge in [0.05, 0.1) is 16.5 Å². The van der Waals surface area contributed by atoms with Gasteiger partial charge in [-0.25, -0.2) is 9.97 Å². The standard InChI is InChI=1S/C22H24N6O2/c1-15(2)16-5-7-19-18(11-16)22(30)28-12-17(6-8-20(28)26-19)21(29)24-9-3-4-10-27-14-23-13-25-27/h5-8,11-15H,3-4,9-10H2,1-2H3,(H,24,29). The number of fused-ring (bicyclic) bond motifs is 2. The number of carbonyl (C=O) groups is 1. The van der Waals surface area contributed by atoms with Crippen molar-refractivity contribution in [3.63, 3.8) is 0 Å². The summed E-state index contributed by atoms with van der Waals surface area (Å²) in [5.74, 6) is 0.108. The molecule has 0 unspecified atom stereocenters. The summed E-state index contributed by atoms with van der Waals surface area (Å²) in [6.45, 7) is 5.48. The Bertz CT molecular complexity index is 1240. The topological polar surface area (TPSA) is 94.2 Å². The van der Waals surface area contributed by atoms with E-state index >= 15 is 0 Å². The van der Waals surface area contributed by atoms with Crippen molar-refractivity contribution in [1.29, 1.82) is 0 Å². The van der Waals surface area contributed by atoms with Crippen LogP contribution in [0.15, 0.2) is 54.0 Å². The van der Waals surface area contributed by atoms with Crippen molar-refractivity contribution in [3.05, 3.63) is 70.7 Å². The molecule has 4 aromatic rings. The first-order valence-electron chi connectivity index (χ1n) is 10.1. The minimum atomic E-state index is -0.208. The SMILES string of the molecule is CC(C)c1ccc2nc3ccc(C(=O)NCCCCn4cncn4)cn3c(=O)c2c1. The van der Waals surface area contributed by atoms with E-state index in [-0.39, 0.29) is 11.5 Å². The van der Waals surface area contributed by atoms with Crippen LogP contribution in [0.25, 0.3) is 16.6 Å². The number of hydrogen-bond donors (Lipinski definition) is 1. The predicted molar refractivity (Wildman–Crippen MR) is 115 cm³/mol. The highest BCUT2D eigenvalue weighted by Crippen LogP contribution is 2.19. The Kier molecular flexibility index (Phi) is 5.56. The number of unbranched alkanes of at least 4 members (excludes halogenated alkanes) is 1. The monoisotopic (exact) mass is 404 g/mol. The molecular formula is C22H24N6O2. The van der Waals surface area contributed by atoms with Crippen LogP contribution in [0.2, 0.25) is 0 Å². The Morgan fingerprint density at radius 2 is 2.03 bits per heavy atom. The minimum absolute atomic E-state index is 0.167. The first kappa shape index (κ1) is 19.8. The molecular weight excluding hydrogens is 380 g/mol. The van der Waals surface area contributed by atoms with Gasteiger partial charge in [0.25, 0.3) is 11.5 Å². The van der Waals surface area contributed by atoms with Gasteiger partial charge in [0, 0.05) is 19.3 Å². The lowest BCUT2D eigenvalue weighted by Crippen LogP contribution is -2.26. The average molecular weight is 404 g/mol. The lowest BCUT2D eigenvalue weighted by molar-refractivity contribution is 0.0952. The number of aryl methyl sites for hydroxylation is 1. The van der Waals surface area contributed by atoms with E-state index in [9.17, 15) is 9.59 Å². The van der Waals surface area contributed by atoms with Gasteiger partial charge in [0.15, 0.2) is 0 Å². The molecule has 8 nitrogen and oxygen atoms in total. The Morgan fingerprint density at radius 1 is 1.17 bits per heavy atom. The maximum absolute atomic E-state index is 13.0. The van der Waals surface area contributed by atoms with Gasteiger partial charge in [-0.1, -0.05) is 19.9 Å². The van der Waals surface area contributed by atoms with Gasteiger partial charge in [-0.2, -0.15) is 5.10 Å². The third kappa shape index (κ3) is 4.07. The van der Waals surface area contributed by atoms with Crippen molar-refractivity contribution < 1.29 is 4.79 Å². The number of rotatable bonds is 7. The van der Waals surface area contributed by atoms with Crippen LogP contribution in [0.1, 0.15) is 48.5 Å². The molecule has 30 heavy (non-hydrogen) atoms. The molecule has 0 saturated carbocycles. The highest BCUT2D eigenvalue weighted by atomic mass is 16.1. The Morgan fingerprint density at radius 3 is 2.80 bits per heavy atom. The van der Waals surface area contributed by atoms with Crippen LogP contribution in [-0.4, -0.2) is 36.6 Å². The Hall–Kier alpha value is -3.55. The number of carbonyl (C=O) groups excluding carboxylic acids is 1. The molecule has 0 spiro atoms. The molecule has 0 aliphatic rings. The number of nitrogens with zero attached hydrogens (tertiary/aromatic N) is 5. The van der Waals surface area contributed by atoms with Gasteiger partial charge < -0.3 is 5.32 Å². The van der Waals surface area contributed by atoms with Crippen LogP contribution < -0.4 is 10.9 Å². The van der Waals surface area contributed by atoms with E-state index in [1.165, 1.54) is 10.7 Å². The van der Waals surface area contributed by atoms with E-state index in [1.807, 2.05) is 18.2 Å². The van der Waals surface area contributed by atoms with E-state index in [0.717, 1.165) is 24.9 Å². The van der Waals surface area contributed by atoms with E-state index in [1.54, 1.807) is 29.3 Å². The van der Waals surface area contributed by atoms with Crippen molar-refractivity contribution in [2.24, 2.45) is 0 Å². The quantitative estimate of drug-likeness (QED) is 0.378. The number of nitrogens with one attached hydrogen (secondary N) is 1. The summed E-state index contributed by atoms with van der Waals surface area (Å²) in [5.41, 5.74) is 2.53. The summed E-state index contributed by atoms with van der Waals surface area (Å²) < 4.78 is 3.21. The van der Waals surface area contributed by atoms with Crippen molar-refractivity contribution >= 4 is 22.5 Å². The van der Waals surface area contributed by atoms with Gasteiger partial charge in [-0.15, -0.1) is 0 Å². The number of hydrogen-bond acceptors (Lipinski definition) is 5. The van der Waals surface area contributed by atoms with Crippen molar-refractivity contribution in [2.45, 2.75) is 39.2 Å². The fourth-order valence-electron chi connectivity index (χ4n) is 3.37. The molecule has 0 radical (unpaired) electrons. The summed E-state index contributed by atoms with van der Waals surface area (Å²) in [4.78, 5) is 34.0. The highest BCUT2D eigenvalue weighted by molar-refractivity contribution is 5.94. The zero-order valence-electron chi connectivity index (χ0n) is 17.1. The maximum atomic E-state index is 13.0. The van der Waals surface area contributed by atoms with Crippen LogP contribution in [0, 0.1) is 0 Å². The first-order valence-corrected chi connectivity index (χ1v) is 10.1. The molecule has 0 aliphatic heterocycles. The second-order valence-electron chi connectivity index (χ2n) is 7.62. The molecule has 4 rings (SSSR count). The van der Waals surface area contributed by atoms with Gasteiger partial charge in [0.1, 0.15) is 18.3 Å². The number of benzene rings is 1. The summed E-state index contributed by atoms with van der Waals surface area (Å²) in [6.07, 6.45) is 6.45. The molecule has 154 valence electrons. The van der Waals surface area contributed by atoms with E-state index < -0.39 is 0 Å². The van der Waals surface area contributed by atoms with Crippen LogP contribution in [0.3, 0.4) is 0 Å². The second-order valence-corrected chi connectivity index (χ2v) is 7.62. The molecule has 0 bridgehead atoms. The fraction of sp³-hybridized carbons (Fsp3) is 0.318. The fourth-order valence-corrected chi connectivity index (χ4v) is 3.37. The molecule has 1 aromatic carbocycles. The van der Waals surface area contributed by atoms with Crippen LogP contribution in [0.5, 0.6) is 0 Å². The van der Waals surface area contributed by atoms with E-state index in [4.69, 9.17) is 0 Å². The van der Waals surface area contributed by atoms with Crippen molar-refractivity contribution in [1.82, 2.24) is 29.5 Å². The van der Waals surface area contributed by atoms with Crippen molar-refractivity contribution in [3.8, 4) is 0 Å². The molecule has 3 heterocycles. The van der Waals surface area contributed by atoms with Crippen LogP contribution in [-0.2, 0) is 6.54 Å². The van der Waals surface area contributed by atoms with Gasteiger partial charge in [-0.05, 0) is 48.6 Å². The second kappa shape index (κ2) is 8.44. The normalized spacial score (nSPS) is 11.4. The first-order chi connectivity index (χ1) is 14.5. The molecule has 1 amide bonds. The minimum Gasteiger partial charge on any atom is -0.352 e. The lowest BCUT2D eigenvalue weighted by atomic mass is 10.0. The number of aromatic nitrogens is 5. The van der Waals surface area contributed by atoms with Gasteiger partial charge >= 0.3 is 0 Å². The van der Waals surface area contributed by atoms with Crippen molar-refractivity contribution in [2.75, 3.05) is 6.54 Å². The molecule has 1 N–H and O–H groups in total. The van der Waals surface area contributed by atoms with Crippen LogP contribution >= 0.6 is 0 Å². The number of amides is 1. The lowest BCUT2D eigenvalue weighted by Gasteiger charge is -2.09. The van der Waals surface area contributed by atoms with Gasteiger partial charge in [-0.3, -0.25) is 18.7 Å². The Labute approximate surface area is 173 Å². The molecule has 0 aliphatic carbocycles.